The van der Waals surface area contributed by atoms with E-state index in [1.807, 2.05) is 0 Å². The lowest BCUT2D eigenvalue weighted by molar-refractivity contribution is -0.123. The van der Waals surface area contributed by atoms with Crippen molar-refractivity contribution >= 4 is 27.3 Å². The predicted molar refractivity (Wildman–Crippen MR) is 97.3 cm³/mol. The Balaban J connectivity index is 1.44. The van der Waals surface area contributed by atoms with E-state index in [4.69, 9.17) is 9.47 Å². The number of anilines is 1. The van der Waals surface area contributed by atoms with Gasteiger partial charge in [-0.2, -0.15) is 0 Å². The number of hydrogen-bond donors (Lipinski definition) is 2. The van der Waals surface area contributed by atoms with Gasteiger partial charge in [-0.3, -0.25) is 9.59 Å². The van der Waals surface area contributed by atoms with Gasteiger partial charge in [0.15, 0.2) is 21.3 Å². The quantitative estimate of drug-likeness (QED) is 0.738. The molecule has 0 fully saturated rings. The maximum atomic E-state index is 12.1. The van der Waals surface area contributed by atoms with Crippen molar-refractivity contribution < 1.29 is 27.5 Å². The van der Waals surface area contributed by atoms with E-state index in [0.717, 1.165) is 0 Å². The van der Waals surface area contributed by atoms with E-state index >= 15 is 0 Å². The number of carbonyl (C=O) groups excluding carboxylic acids is 2. The molecule has 1 aliphatic rings. The minimum Gasteiger partial charge on any atom is -0.454 e. The number of hydrogen-bond acceptors (Lipinski definition) is 6. The van der Waals surface area contributed by atoms with E-state index in [9.17, 15) is 18.0 Å². The summed E-state index contributed by atoms with van der Waals surface area (Å²) in [7, 11) is -3.54. The monoisotopic (exact) mass is 390 g/mol. The highest BCUT2D eigenvalue weighted by Crippen LogP contribution is 2.34. The van der Waals surface area contributed by atoms with Gasteiger partial charge in [0.05, 0.1) is 17.2 Å². The number of ether oxygens (including phenoxy) is 2. The molecule has 2 amide bonds. The lowest BCUT2D eigenvalue weighted by Crippen LogP contribution is -2.33. The maximum absolute atomic E-state index is 12.1. The Kier molecular flexibility index (Phi) is 5.60. The molecule has 3 rings (SSSR count). The molecule has 0 spiro atoms. The molecule has 0 unspecified atom stereocenters. The van der Waals surface area contributed by atoms with Crippen LogP contribution in [0, 0.1) is 0 Å². The van der Waals surface area contributed by atoms with Gasteiger partial charge in [-0.15, -0.1) is 0 Å². The Hall–Kier alpha value is -3.07. The van der Waals surface area contributed by atoms with Crippen LogP contribution in [0.15, 0.2) is 53.4 Å². The highest BCUT2D eigenvalue weighted by molar-refractivity contribution is 7.91. The highest BCUT2D eigenvalue weighted by Gasteiger charge is 2.17. The number of fused-ring (bicyclic) bond motifs is 1. The van der Waals surface area contributed by atoms with Crippen LogP contribution in [-0.4, -0.2) is 39.3 Å². The fraction of sp³-hybridized carbons (Fsp3) is 0.222. The van der Waals surface area contributed by atoms with Gasteiger partial charge in [0.25, 0.3) is 0 Å². The summed E-state index contributed by atoms with van der Waals surface area (Å²) in [4.78, 5) is 23.9. The Morgan fingerprint density at radius 3 is 2.48 bits per heavy atom. The molecule has 142 valence electrons. The van der Waals surface area contributed by atoms with Crippen LogP contribution in [0.1, 0.15) is 6.42 Å². The van der Waals surface area contributed by atoms with E-state index in [2.05, 4.69) is 10.6 Å². The minimum absolute atomic E-state index is 0.134. The van der Waals surface area contributed by atoms with Crippen LogP contribution in [0.25, 0.3) is 0 Å². The minimum atomic E-state index is -3.54. The summed E-state index contributed by atoms with van der Waals surface area (Å²) >= 11 is 0. The van der Waals surface area contributed by atoms with Crippen LogP contribution >= 0.6 is 0 Å². The van der Waals surface area contributed by atoms with Crippen molar-refractivity contribution in [3.05, 3.63) is 48.5 Å². The highest BCUT2D eigenvalue weighted by atomic mass is 32.2. The van der Waals surface area contributed by atoms with Gasteiger partial charge in [0, 0.05) is 18.2 Å². The second-order valence-electron chi connectivity index (χ2n) is 5.77. The molecule has 0 saturated heterocycles. The molecule has 0 atom stereocenters. The van der Waals surface area contributed by atoms with Gasteiger partial charge in [-0.1, -0.05) is 18.2 Å². The molecule has 2 N–H and O–H groups in total. The lowest BCUT2D eigenvalue weighted by Gasteiger charge is -2.08. The third-order valence-electron chi connectivity index (χ3n) is 3.80. The van der Waals surface area contributed by atoms with E-state index in [0.29, 0.717) is 17.2 Å². The Bertz CT molecular complexity index is 944. The summed E-state index contributed by atoms with van der Waals surface area (Å²) in [5, 5.41) is 5.03. The molecule has 2 aromatic carbocycles. The van der Waals surface area contributed by atoms with Crippen LogP contribution in [0.3, 0.4) is 0 Å². The summed E-state index contributed by atoms with van der Waals surface area (Å²) in [5.41, 5.74) is 0.505. The standard InChI is InChI=1S/C18H18N2O6S/c21-17(8-9-27(23,24)14-4-2-1-3-5-14)19-11-18(22)20-13-6-7-15-16(10-13)26-12-25-15/h1-7,10H,8-9,11-12H2,(H,19,21)(H,20,22). The van der Waals surface area contributed by atoms with E-state index < -0.39 is 21.7 Å². The predicted octanol–water partition coefficient (Wildman–Crippen LogP) is 1.33. The van der Waals surface area contributed by atoms with Crippen LogP contribution in [0.4, 0.5) is 5.69 Å². The van der Waals surface area contributed by atoms with Crippen LogP contribution in [0.5, 0.6) is 11.5 Å². The largest absolute Gasteiger partial charge is 0.454 e. The van der Waals surface area contributed by atoms with E-state index in [1.165, 1.54) is 12.1 Å². The van der Waals surface area contributed by atoms with Crippen molar-refractivity contribution in [2.24, 2.45) is 0 Å². The molecular formula is C18H18N2O6S. The second kappa shape index (κ2) is 8.09. The average molecular weight is 390 g/mol. The molecule has 0 bridgehead atoms. The molecular weight excluding hydrogens is 372 g/mol. The van der Waals surface area contributed by atoms with Crippen molar-refractivity contribution in [1.29, 1.82) is 0 Å². The van der Waals surface area contributed by atoms with Gasteiger partial charge in [0.1, 0.15) is 0 Å². The Labute approximate surface area is 156 Å². The van der Waals surface area contributed by atoms with E-state index in [-0.39, 0.29) is 30.4 Å². The molecule has 8 nitrogen and oxygen atoms in total. The number of sulfone groups is 1. The molecule has 9 heteroatoms. The van der Waals surface area contributed by atoms with E-state index in [1.54, 1.807) is 36.4 Å². The van der Waals surface area contributed by atoms with Crippen LogP contribution < -0.4 is 20.1 Å². The first-order valence-corrected chi connectivity index (χ1v) is 9.83. The Morgan fingerprint density at radius 1 is 0.963 bits per heavy atom. The second-order valence-corrected chi connectivity index (χ2v) is 7.88. The SMILES string of the molecule is O=C(CCS(=O)(=O)c1ccccc1)NCC(=O)Nc1ccc2c(c1)OCO2. The van der Waals surface area contributed by atoms with Crippen molar-refractivity contribution in [3.63, 3.8) is 0 Å². The summed E-state index contributed by atoms with van der Waals surface area (Å²) in [6.07, 6.45) is -0.228. The fourth-order valence-corrected chi connectivity index (χ4v) is 3.68. The first kappa shape index (κ1) is 18.7. The molecule has 1 aliphatic heterocycles. The number of benzene rings is 2. The summed E-state index contributed by atoms with van der Waals surface area (Å²) < 4.78 is 34.7. The first-order valence-electron chi connectivity index (χ1n) is 8.18. The normalized spacial score (nSPS) is 12.4. The first-order chi connectivity index (χ1) is 12.9. The molecule has 0 aromatic heterocycles. The van der Waals surface area contributed by atoms with Gasteiger partial charge in [-0.05, 0) is 24.3 Å². The zero-order valence-electron chi connectivity index (χ0n) is 14.3. The zero-order valence-corrected chi connectivity index (χ0v) is 15.1. The molecule has 0 radical (unpaired) electrons. The van der Waals surface area contributed by atoms with Crippen molar-refractivity contribution in [3.8, 4) is 11.5 Å². The molecule has 27 heavy (non-hydrogen) atoms. The molecule has 0 saturated carbocycles. The molecule has 1 heterocycles. The molecule has 2 aromatic rings. The number of amides is 2. The smallest absolute Gasteiger partial charge is 0.243 e. The topological polar surface area (TPSA) is 111 Å². The third-order valence-corrected chi connectivity index (χ3v) is 5.53. The number of nitrogens with one attached hydrogen (secondary N) is 2. The summed E-state index contributed by atoms with van der Waals surface area (Å²) in [6.45, 7) is -0.132. The maximum Gasteiger partial charge on any atom is 0.243 e. The molecule has 0 aliphatic carbocycles. The average Bonchev–Trinajstić information content (AvgIpc) is 3.13. The van der Waals surface area contributed by atoms with Gasteiger partial charge in [0.2, 0.25) is 18.6 Å². The van der Waals surface area contributed by atoms with Crippen LogP contribution in [0.2, 0.25) is 0 Å². The van der Waals surface area contributed by atoms with Crippen molar-refractivity contribution in [1.82, 2.24) is 5.32 Å². The van der Waals surface area contributed by atoms with Crippen molar-refractivity contribution in [2.45, 2.75) is 11.3 Å². The summed E-state index contributed by atoms with van der Waals surface area (Å²) in [6, 6.07) is 12.8. The van der Waals surface area contributed by atoms with Gasteiger partial charge in [-0.25, -0.2) is 8.42 Å². The van der Waals surface area contributed by atoms with Gasteiger partial charge < -0.3 is 20.1 Å². The Morgan fingerprint density at radius 2 is 1.70 bits per heavy atom. The summed E-state index contributed by atoms with van der Waals surface area (Å²) in [5.74, 6) is -0.153. The number of rotatable bonds is 7. The van der Waals surface area contributed by atoms with Crippen LogP contribution in [-0.2, 0) is 19.4 Å². The fourth-order valence-electron chi connectivity index (χ4n) is 2.42. The van der Waals surface area contributed by atoms with Crippen molar-refractivity contribution in [2.75, 3.05) is 24.4 Å². The number of carbonyl (C=O) groups is 2. The third kappa shape index (κ3) is 4.98. The zero-order chi connectivity index (χ0) is 19.3. The lowest BCUT2D eigenvalue weighted by atomic mass is 10.3. The van der Waals surface area contributed by atoms with Gasteiger partial charge >= 0.3 is 0 Å².